The zero-order chi connectivity index (χ0) is 13.1. The number of aryl methyl sites for hydroxylation is 3. The van der Waals surface area contributed by atoms with E-state index in [2.05, 4.69) is 4.72 Å². The first-order valence-electron chi connectivity index (χ1n) is 5.33. The van der Waals surface area contributed by atoms with Crippen molar-refractivity contribution in [2.45, 2.75) is 32.1 Å². The lowest BCUT2D eigenvalue weighted by Gasteiger charge is -2.12. The summed E-state index contributed by atoms with van der Waals surface area (Å²) in [5.41, 5.74) is 2.50. The van der Waals surface area contributed by atoms with E-state index >= 15 is 0 Å². The quantitative estimate of drug-likeness (QED) is 0.831. The number of sulfonamides is 1. The van der Waals surface area contributed by atoms with Crippen molar-refractivity contribution in [1.82, 2.24) is 4.72 Å². The van der Waals surface area contributed by atoms with Gasteiger partial charge >= 0.3 is 0 Å². The average Bonchev–Trinajstić information content (AvgIpc) is 2.15. The highest BCUT2D eigenvalue weighted by Gasteiger charge is 2.18. The molecule has 4 nitrogen and oxygen atoms in total. The fourth-order valence-corrected chi connectivity index (χ4v) is 3.38. The van der Waals surface area contributed by atoms with Crippen LogP contribution in [-0.2, 0) is 10.0 Å². The van der Waals surface area contributed by atoms with Crippen LogP contribution in [-0.4, -0.2) is 15.0 Å². The molecular formula is C12H16N2O2S. The molecular weight excluding hydrogens is 236 g/mol. The lowest BCUT2D eigenvalue weighted by Crippen LogP contribution is -2.26. The number of nitrogens with zero attached hydrogens (tertiary/aromatic N) is 1. The maximum atomic E-state index is 12.0. The van der Waals surface area contributed by atoms with Gasteiger partial charge in [0.1, 0.15) is 0 Å². The van der Waals surface area contributed by atoms with E-state index in [4.69, 9.17) is 5.26 Å². The molecule has 92 valence electrons. The molecule has 0 spiro atoms. The van der Waals surface area contributed by atoms with Gasteiger partial charge in [-0.3, -0.25) is 0 Å². The van der Waals surface area contributed by atoms with Gasteiger partial charge in [0.2, 0.25) is 10.0 Å². The fourth-order valence-electron chi connectivity index (χ4n) is 1.90. The third-order valence-electron chi connectivity index (χ3n) is 2.40. The Labute approximate surface area is 102 Å². The number of hydrogen-bond donors (Lipinski definition) is 1. The van der Waals surface area contributed by atoms with Gasteiger partial charge in [0, 0.05) is 13.0 Å². The third kappa shape index (κ3) is 3.29. The van der Waals surface area contributed by atoms with Crippen LogP contribution >= 0.6 is 0 Å². The Bertz CT molecular complexity index is 533. The van der Waals surface area contributed by atoms with Crippen LogP contribution in [0.5, 0.6) is 0 Å². The first-order valence-corrected chi connectivity index (χ1v) is 6.81. The second-order valence-corrected chi connectivity index (χ2v) is 5.74. The van der Waals surface area contributed by atoms with Crippen LogP contribution in [0.15, 0.2) is 17.0 Å². The summed E-state index contributed by atoms with van der Waals surface area (Å²) in [5, 5.41) is 8.39. The highest BCUT2D eigenvalue weighted by molar-refractivity contribution is 7.89. The molecule has 0 saturated heterocycles. The van der Waals surface area contributed by atoms with Crippen molar-refractivity contribution in [1.29, 1.82) is 5.26 Å². The van der Waals surface area contributed by atoms with Gasteiger partial charge in [-0.2, -0.15) is 5.26 Å². The maximum absolute atomic E-state index is 12.0. The van der Waals surface area contributed by atoms with Crippen LogP contribution in [0.25, 0.3) is 0 Å². The first kappa shape index (κ1) is 13.7. The summed E-state index contributed by atoms with van der Waals surface area (Å²) in [6.07, 6.45) is 0.170. The summed E-state index contributed by atoms with van der Waals surface area (Å²) in [6.45, 7) is 5.63. The minimum Gasteiger partial charge on any atom is -0.210 e. The van der Waals surface area contributed by atoms with Gasteiger partial charge in [-0.25, -0.2) is 13.1 Å². The van der Waals surface area contributed by atoms with E-state index in [1.807, 2.05) is 25.1 Å². The van der Waals surface area contributed by atoms with E-state index in [1.165, 1.54) is 0 Å². The molecule has 0 aromatic heterocycles. The molecule has 0 unspecified atom stereocenters. The molecule has 1 N–H and O–H groups in total. The van der Waals surface area contributed by atoms with Crippen LogP contribution in [0.3, 0.4) is 0 Å². The highest BCUT2D eigenvalue weighted by Crippen LogP contribution is 2.21. The number of benzene rings is 1. The van der Waals surface area contributed by atoms with Gasteiger partial charge < -0.3 is 0 Å². The summed E-state index contributed by atoms with van der Waals surface area (Å²) in [5.74, 6) is 0. The molecule has 0 radical (unpaired) electrons. The normalized spacial score (nSPS) is 11.2. The molecule has 0 amide bonds. The van der Waals surface area contributed by atoms with Crippen molar-refractivity contribution in [2.75, 3.05) is 6.54 Å². The molecule has 0 bridgehead atoms. The van der Waals surface area contributed by atoms with Crippen molar-refractivity contribution in [3.63, 3.8) is 0 Å². The molecule has 17 heavy (non-hydrogen) atoms. The van der Waals surface area contributed by atoms with Gasteiger partial charge in [-0.1, -0.05) is 17.7 Å². The van der Waals surface area contributed by atoms with Gasteiger partial charge in [-0.05, 0) is 31.9 Å². The molecule has 1 aromatic carbocycles. The van der Waals surface area contributed by atoms with Crippen LogP contribution in [0.2, 0.25) is 0 Å². The molecule has 0 saturated carbocycles. The van der Waals surface area contributed by atoms with E-state index in [9.17, 15) is 8.42 Å². The van der Waals surface area contributed by atoms with Crippen molar-refractivity contribution >= 4 is 10.0 Å². The Morgan fingerprint density at radius 3 is 2.24 bits per heavy atom. The topological polar surface area (TPSA) is 70.0 Å². The predicted molar refractivity (Wildman–Crippen MR) is 66.1 cm³/mol. The monoisotopic (exact) mass is 252 g/mol. The molecule has 1 rings (SSSR count). The van der Waals surface area contributed by atoms with E-state index in [-0.39, 0.29) is 13.0 Å². The molecule has 1 aromatic rings. The van der Waals surface area contributed by atoms with Crippen LogP contribution in [0, 0.1) is 32.1 Å². The minimum absolute atomic E-state index is 0.144. The van der Waals surface area contributed by atoms with Crippen LogP contribution in [0.4, 0.5) is 0 Å². The third-order valence-corrected chi connectivity index (χ3v) is 4.17. The van der Waals surface area contributed by atoms with Crippen molar-refractivity contribution in [3.05, 3.63) is 28.8 Å². The lowest BCUT2D eigenvalue weighted by molar-refractivity contribution is 0.581. The molecule has 5 heteroatoms. The standard InChI is InChI=1S/C12H16N2O2S/c1-9-7-10(2)12(11(3)8-9)17(15,16)14-6-4-5-13/h7-8,14H,4,6H2,1-3H3. The van der Waals surface area contributed by atoms with Crippen molar-refractivity contribution in [3.8, 4) is 6.07 Å². The molecule has 0 fully saturated rings. The fraction of sp³-hybridized carbons (Fsp3) is 0.417. The number of hydrogen-bond acceptors (Lipinski definition) is 3. The van der Waals surface area contributed by atoms with Gasteiger partial charge in [-0.15, -0.1) is 0 Å². The molecule has 0 aliphatic heterocycles. The molecule has 0 aliphatic carbocycles. The Morgan fingerprint density at radius 2 is 1.76 bits per heavy atom. The highest BCUT2D eigenvalue weighted by atomic mass is 32.2. The first-order chi connectivity index (χ1) is 7.88. The molecule has 0 aliphatic rings. The van der Waals surface area contributed by atoms with E-state index in [0.29, 0.717) is 4.90 Å². The summed E-state index contributed by atoms with van der Waals surface area (Å²) in [4.78, 5) is 0.320. The Morgan fingerprint density at radius 1 is 1.24 bits per heavy atom. The smallest absolute Gasteiger partial charge is 0.210 e. The summed E-state index contributed by atoms with van der Waals surface area (Å²) < 4.78 is 26.5. The zero-order valence-electron chi connectivity index (χ0n) is 10.2. The van der Waals surface area contributed by atoms with Crippen LogP contribution in [0.1, 0.15) is 23.1 Å². The van der Waals surface area contributed by atoms with Crippen molar-refractivity contribution < 1.29 is 8.42 Å². The van der Waals surface area contributed by atoms with Crippen molar-refractivity contribution in [2.24, 2.45) is 0 Å². The largest absolute Gasteiger partial charge is 0.241 e. The number of rotatable bonds is 4. The summed E-state index contributed by atoms with van der Waals surface area (Å²) in [6, 6.07) is 5.58. The van der Waals surface area contributed by atoms with E-state index in [1.54, 1.807) is 13.8 Å². The zero-order valence-corrected chi connectivity index (χ0v) is 11.1. The minimum atomic E-state index is -3.51. The second kappa shape index (κ2) is 5.30. The average molecular weight is 252 g/mol. The Hall–Kier alpha value is -1.38. The number of nitriles is 1. The molecule has 0 heterocycles. The Balaban J connectivity index is 3.12. The van der Waals surface area contributed by atoms with Crippen LogP contribution < -0.4 is 4.72 Å². The maximum Gasteiger partial charge on any atom is 0.241 e. The molecule has 0 atom stereocenters. The number of nitrogens with one attached hydrogen (secondary N) is 1. The van der Waals surface area contributed by atoms with Gasteiger partial charge in [0.05, 0.1) is 11.0 Å². The SMILES string of the molecule is Cc1cc(C)c(S(=O)(=O)NCCC#N)c(C)c1. The van der Waals surface area contributed by atoms with E-state index in [0.717, 1.165) is 16.7 Å². The predicted octanol–water partition coefficient (Wildman–Crippen LogP) is 1.80. The van der Waals surface area contributed by atoms with E-state index < -0.39 is 10.0 Å². The second-order valence-electron chi connectivity index (χ2n) is 4.03. The van der Waals surface area contributed by atoms with Gasteiger partial charge in [0.25, 0.3) is 0 Å². The van der Waals surface area contributed by atoms with Gasteiger partial charge in [0.15, 0.2) is 0 Å². The lowest BCUT2D eigenvalue weighted by atomic mass is 10.1. The summed E-state index contributed by atoms with van der Waals surface area (Å²) >= 11 is 0. The summed E-state index contributed by atoms with van der Waals surface area (Å²) in [7, 11) is -3.51. The Kier molecular flexibility index (Phi) is 4.27.